The quantitative estimate of drug-likeness (QED) is 0.264. The summed E-state index contributed by atoms with van der Waals surface area (Å²) in [7, 11) is 0. The number of hydrogen-bond acceptors (Lipinski definition) is 1. The molecule has 0 amide bonds. The average Bonchev–Trinajstić information content (AvgIpc) is 2.52. The molecule has 0 rings (SSSR count). The molecule has 0 saturated heterocycles. The van der Waals surface area contributed by atoms with Gasteiger partial charge in [0.25, 0.3) is 0 Å². The van der Waals surface area contributed by atoms with Gasteiger partial charge in [-0.15, -0.1) is 0 Å². The highest BCUT2D eigenvalue weighted by molar-refractivity contribution is 4.59. The van der Waals surface area contributed by atoms with Crippen LogP contribution < -0.4 is 0 Å². The molecule has 0 bridgehead atoms. The Kier molecular flexibility index (Phi) is 19.0. The fraction of sp³-hybridized carbons (Fsp3) is 1.00. The van der Waals surface area contributed by atoms with Gasteiger partial charge in [0.1, 0.15) is 0 Å². The van der Waals surface area contributed by atoms with Gasteiger partial charge in [0.15, 0.2) is 0 Å². The minimum absolute atomic E-state index is 0.373. The summed E-state index contributed by atoms with van der Waals surface area (Å²) < 4.78 is 0. The van der Waals surface area contributed by atoms with Gasteiger partial charge in [0.05, 0.1) is 0 Å². The summed E-state index contributed by atoms with van der Waals surface area (Å²) >= 11 is 0. The van der Waals surface area contributed by atoms with E-state index >= 15 is 0 Å². The Morgan fingerprint density at radius 1 is 0.500 bits per heavy atom. The van der Waals surface area contributed by atoms with Crippen molar-refractivity contribution in [3.8, 4) is 0 Å². The van der Waals surface area contributed by atoms with E-state index in [9.17, 15) is 0 Å². The van der Waals surface area contributed by atoms with Crippen molar-refractivity contribution in [3.63, 3.8) is 0 Å². The van der Waals surface area contributed by atoms with Crippen molar-refractivity contribution in [1.82, 2.24) is 0 Å². The molecule has 134 valence electrons. The Hall–Kier alpha value is -0.0400. The molecule has 0 saturated carbocycles. The van der Waals surface area contributed by atoms with Crippen LogP contribution in [0.3, 0.4) is 0 Å². The van der Waals surface area contributed by atoms with E-state index in [0.717, 1.165) is 12.3 Å². The summed E-state index contributed by atoms with van der Waals surface area (Å²) in [4.78, 5) is 0. The monoisotopic (exact) mass is 312 g/mol. The molecule has 1 heteroatoms. The lowest BCUT2D eigenvalue weighted by Gasteiger charge is -2.14. The SMILES string of the molecule is CCCC(CCC)CCCCCCCCCCCCCCO. The van der Waals surface area contributed by atoms with Gasteiger partial charge in [-0.1, -0.05) is 117 Å². The van der Waals surface area contributed by atoms with Gasteiger partial charge >= 0.3 is 0 Å². The molecule has 22 heavy (non-hydrogen) atoms. The molecule has 0 unspecified atom stereocenters. The highest BCUT2D eigenvalue weighted by Crippen LogP contribution is 2.21. The first-order chi connectivity index (χ1) is 10.8. The second-order valence-electron chi connectivity index (χ2n) is 7.20. The van der Waals surface area contributed by atoms with Crippen molar-refractivity contribution in [2.45, 2.75) is 123 Å². The summed E-state index contributed by atoms with van der Waals surface area (Å²) in [5.74, 6) is 1.01. The van der Waals surface area contributed by atoms with Gasteiger partial charge in [-0.2, -0.15) is 0 Å². The van der Waals surface area contributed by atoms with Gasteiger partial charge in [0.2, 0.25) is 0 Å². The highest BCUT2D eigenvalue weighted by atomic mass is 16.2. The summed E-state index contributed by atoms with van der Waals surface area (Å²) in [5.41, 5.74) is 0. The Labute approximate surface area is 141 Å². The zero-order chi connectivity index (χ0) is 16.3. The van der Waals surface area contributed by atoms with E-state index in [4.69, 9.17) is 5.11 Å². The normalized spacial score (nSPS) is 11.5. The van der Waals surface area contributed by atoms with Crippen molar-refractivity contribution < 1.29 is 5.11 Å². The third-order valence-corrected chi connectivity index (χ3v) is 4.91. The van der Waals surface area contributed by atoms with Crippen LogP contribution >= 0.6 is 0 Å². The zero-order valence-electron chi connectivity index (χ0n) is 15.8. The van der Waals surface area contributed by atoms with Crippen molar-refractivity contribution in [3.05, 3.63) is 0 Å². The standard InChI is InChI=1S/C21H44O/c1-3-17-21(18-4-2)19-15-13-11-9-7-5-6-8-10-12-14-16-20-22/h21-22H,3-20H2,1-2H3. The van der Waals surface area contributed by atoms with Crippen LogP contribution in [0.2, 0.25) is 0 Å². The molecule has 1 N–H and O–H groups in total. The van der Waals surface area contributed by atoms with E-state index in [1.807, 2.05) is 0 Å². The van der Waals surface area contributed by atoms with Crippen LogP contribution in [-0.4, -0.2) is 11.7 Å². The lowest BCUT2D eigenvalue weighted by Crippen LogP contribution is -1.99. The lowest BCUT2D eigenvalue weighted by molar-refractivity contribution is 0.282. The van der Waals surface area contributed by atoms with Crippen LogP contribution in [0.5, 0.6) is 0 Å². The maximum absolute atomic E-state index is 8.71. The third kappa shape index (κ3) is 16.3. The smallest absolute Gasteiger partial charge is 0.0431 e. The average molecular weight is 313 g/mol. The van der Waals surface area contributed by atoms with Gasteiger partial charge < -0.3 is 5.11 Å². The zero-order valence-corrected chi connectivity index (χ0v) is 15.8. The molecule has 0 aromatic carbocycles. The predicted molar refractivity (Wildman–Crippen MR) is 100 cm³/mol. The second kappa shape index (κ2) is 19.0. The largest absolute Gasteiger partial charge is 0.396 e. The van der Waals surface area contributed by atoms with E-state index < -0.39 is 0 Å². The molecule has 0 fully saturated rings. The molecular weight excluding hydrogens is 268 g/mol. The molecule has 0 aromatic rings. The van der Waals surface area contributed by atoms with E-state index in [1.165, 1.54) is 103 Å². The first-order valence-corrected chi connectivity index (χ1v) is 10.5. The number of rotatable bonds is 18. The van der Waals surface area contributed by atoms with E-state index in [1.54, 1.807) is 0 Å². The maximum Gasteiger partial charge on any atom is 0.0431 e. The van der Waals surface area contributed by atoms with Crippen molar-refractivity contribution in [2.24, 2.45) is 5.92 Å². The molecule has 0 aliphatic heterocycles. The van der Waals surface area contributed by atoms with Crippen molar-refractivity contribution in [2.75, 3.05) is 6.61 Å². The van der Waals surface area contributed by atoms with Crippen LogP contribution in [0.4, 0.5) is 0 Å². The van der Waals surface area contributed by atoms with Crippen LogP contribution in [0.25, 0.3) is 0 Å². The molecule has 0 aromatic heterocycles. The Morgan fingerprint density at radius 3 is 1.23 bits per heavy atom. The highest BCUT2D eigenvalue weighted by Gasteiger charge is 2.05. The van der Waals surface area contributed by atoms with Crippen LogP contribution in [0.1, 0.15) is 123 Å². The Morgan fingerprint density at radius 2 is 0.864 bits per heavy atom. The number of unbranched alkanes of at least 4 members (excludes halogenated alkanes) is 11. The molecule has 0 spiro atoms. The molecular formula is C21H44O. The summed E-state index contributed by atoms with van der Waals surface area (Å²) in [6.45, 7) is 5.03. The fourth-order valence-electron chi connectivity index (χ4n) is 3.56. The maximum atomic E-state index is 8.71. The number of aliphatic hydroxyl groups is 1. The van der Waals surface area contributed by atoms with Crippen LogP contribution in [-0.2, 0) is 0 Å². The number of hydrogen-bond donors (Lipinski definition) is 1. The topological polar surface area (TPSA) is 20.2 Å². The Bertz CT molecular complexity index is 184. The second-order valence-corrected chi connectivity index (χ2v) is 7.20. The number of aliphatic hydroxyl groups excluding tert-OH is 1. The third-order valence-electron chi connectivity index (χ3n) is 4.91. The van der Waals surface area contributed by atoms with Gasteiger partial charge in [-0.05, 0) is 12.3 Å². The minimum atomic E-state index is 0.373. The van der Waals surface area contributed by atoms with E-state index in [0.29, 0.717) is 6.61 Å². The molecule has 0 radical (unpaired) electrons. The summed E-state index contributed by atoms with van der Waals surface area (Å²) in [5, 5.41) is 8.71. The van der Waals surface area contributed by atoms with Crippen LogP contribution in [0, 0.1) is 5.92 Å². The first kappa shape index (κ1) is 22.0. The van der Waals surface area contributed by atoms with E-state index in [-0.39, 0.29) is 0 Å². The van der Waals surface area contributed by atoms with Gasteiger partial charge in [-0.3, -0.25) is 0 Å². The molecule has 0 heterocycles. The van der Waals surface area contributed by atoms with Gasteiger partial charge in [-0.25, -0.2) is 0 Å². The molecule has 0 aliphatic rings. The van der Waals surface area contributed by atoms with Crippen LogP contribution in [0.15, 0.2) is 0 Å². The molecule has 1 nitrogen and oxygen atoms in total. The summed E-state index contributed by atoms with van der Waals surface area (Å²) in [6, 6.07) is 0. The van der Waals surface area contributed by atoms with Gasteiger partial charge in [0, 0.05) is 6.61 Å². The minimum Gasteiger partial charge on any atom is -0.396 e. The fourth-order valence-corrected chi connectivity index (χ4v) is 3.56. The van der Waals surface area contributed by atoms with Crippen molar-refractivity contribution >= 4 is 0 Å². The predicted octanol–water partition coefficient (Wildman–Crippen LogP) is 7.27. The molecule has 0 aliphatic carbocycles. The van der Waals surface area contributed by atoms with Crippen molar-refractivity contribution in [1.29, 1.82) is 0 Å². The lowest BCUT2D eigenvalue weighted by atomic mass is 9.92. The first-order valence-electron chi connectivity index (χ1n) is 10.5. The molecule has 0 atom stereocenters. The Balaban J connectivity index is 3.16. The summed E-state index contributed by atoms with van der Waals surface area (Å²) in [6.07, 6.45) is 23.6. The van der Waals surface area contributed by atoms with E-state index in [2.05, 4.69) is 13.8 Å².